The van der Waals surface area contributed by atoms with Crippen molar-refractivity contribution in [2.75, 3.05) is 14.1 Å². The molecule has 0 aliphatic heterocycles. The van der Waals surface area contributed by atoms with Crippen LogP contribution in [-0.4, -0.2) is 45.8 Å². The summed E-state index contributed by atoms with van der Waals surface area (Å²) in [5.41, 5.74) is 0.810. The Labute approximate surface area is 109 Å². The molecule has 2 aromatic rings. The zero-order valence-corrected chi connectivity index (χ0v) is 10.5. The predicted octanol–water partition coefficient (Wildman–Crippen LogP) is 0.924. The van der Waals surface area contributed by atoms with Crippen LogP contribution >= 0.6 is 0 Å². The van der Waals surface area contributed by atoms with E-state index in [-0.39, 0.29) is 18.2 Å². The number of aromatic nitrogens is 2. The van der Waals surface area contributed by atoms with Crippen LogP contribution in [0.5, 0.6) is 0 Å². The van der Waals surface area contributed by atoms with Gasteiger partial charge in [-0.2, -0.15) is 5.10 Å². The molecule has 1 amide bonds. The number of hydrogen-bond donors (Lipinski definition) is 1. The third kappa shape index (κ3) is 2.65. The number of aromatic carboxylic acids is 1. The molecule has 7 nitrogen and oxygen atoms in total. The molecule has 0 radical (unpaired) electrons. The highest BCUT2D eigenvalue weighted by Gasteiger charge is 2.16. The van der Waals surface area contributed by atoms with Gasteiger partial charge in [-0.3, -0.25) is 9.48 Å². The highest BCUT2D eigenvalue weighted by Crippen LogP contribution is 2.12. The zero-order chi connectivity index (χ0) is 14.0. The van der Waals surface area contributed by atoms with Gasteiger partial charge in [-0.15, -0.1) is 0 Å². The number of carbonyl (C=O) groups excluding carboxylic acids is 1. The second-order valence-electron chi connectivity index (χ2n) is 4.18. The van der Waals surface area contributed by atoms with Gasteiger partial charge in [0.25, 0.3) is 5.91 Å². The van der Waals surface area contributed by atoms with Crippen molar-refractivity contribution in [1.82, 2.24) is 14.7 Å². The third-order valence-corrected chi connectivity index (χ3v) is 2.54. The number of carbonyl (C=O) groups is 2. The third-order valence-electron chi connectivity index (χ3n) is 2.54. The fourth-order valence-corrected chi connectivity index (χ4v) is 1.62. The summed E-state index contributed by atoms with van der Waals surface area (Å²) in [7, 11) is 3.28. The zero-order valence-electron chi connectivity index (χ0n) is 10.5. The second kappa shape index (κ2) is 4.97. The van der Waals surface area contributed by atoms with Crippen LogP contribution in [0.3, 0.4) is 0 Å². The van der Waals surface area contributed by atoms with E-state index < -0.39 is 5.97 Å². The molecule has 100 valence electrons. The summed E-state index contributed by atoms with van der Waals surface area (Å²) < 4.78 is 6.37. The Hall–Kier alpha value is -2.57. The Morgan fingerprint density at radius 1 is 1.42 bits per heavy atom. The SMILES string of the molecule is CN(C)C(=O)c1ccn(Cc2ccoc2C(=O)O)n1. The van der Waals surface area contributed by atoms with E-state index in [1.807, 2.05) is 0 Å². The van der Waals surface area contributed by atoms with Crippen molar-refractivity contribution >= 4 is 11.9 Å². The summed E-state index contributed by atoms with van der Waals surface area (Å²) in [5.74, 6) is -1.45. The maximum Gasteiger partial charge on any atom is 0.372 e. The summed E-state index contributed by atoms with van der Waals surface area (Å²) >= 11 is 0. The highest BCUT2D eigenvalue weighted by molar-refractivity contribution is 5.91. The van der Waals surface area contributed by atoms with Crippen molar-refractivity contribution in [3.8, 4) is 0 Å². The van der Waals surface area contributed by atoms with Gasteiger partial charge in [0, 0.05) is 25.9 Å². The molecule has 2 rings (SSSR count). The van der Waals surface area contributed by atoms with E-state index in [0.717, 1.165) is 0 Å². The molecule has 1 N–H and O–H groups in total. The van der Waals surface area contributed by atoms with Gasteiger partial charge in [-0.05, 0) is 12.1 Å². The number of hydrogen-bond acceptors (Lipinski definition) is 4. The molecule has 19 heavy (non-hydrogen) atoms. The van der Waals surface area contributed by atoms with Crippen LogP contribution in [0.4, 0.5) is 0 Å². The molecule has 0 fully saturated rings. The number of carboxylic acid groups (broad SMARTS) is 1. The average molecular weight is 263 g/mol. The molecule has 0 aliphatic rings. The summed E-state index contributed by atoms with van der Waals surface area (Å²) in [5, 5.41) is 13.0. The Balaban J connectivity index is 2.18. The first-order valence-electron chi connectivity index (χ1n) is 5.54. The van der Waals surface area contributed by atoms with E-state index in [2.05, 4.69) is 5.10 Å². The highest BCUT2D eigenvalue weighted by atomic mass is 16.4. The maximum absolute atomic E-state index is 11.7. The number of rotatable bonds is 4. The van der Waals surface area contributed by atoms with Crippen LogP contribution in [0.2, 0.25) is 0 Å². The van der Waals surface area contributed by atoms with Gasteiger partial charge in [0.1, 0.15) is 5.69 Å². The molecule has 0 saturated carbocycles. The van der Waals surface area contributed by atoms with Crippen LogP contribution in [0.1, 0.15) is 26.6 Å². The van der Waals surface area contributed by atoms with Crippen LogP contribution in [0.15, 0.2) is 29.0 Å². The Kier molecular flexibility index (Phi) is 3.37. The lowest BCUT2D eigenvalue weighted by atomic mass is 10.2. The first kappa shape index (κ1) is 12.9. The molecule has 0 saturated heterocycles. The van der Waals surface area contributed by atoms with E-state index in [4.69, 9.17) is 9.52 Å². The van der Waals surface area contributed by atoms with Crippen LogP contribution in [-0.2, 0) is 6.54 Å². The lowest BCUT2D eigenvalue weighted by molar-refractivity contribution is 0.0660. The second-order valence-corrected chi connectivity index (χ2v) is 4.18. The minimum Gasteiger partial charge on any atom is -0.475 e. The summed E-state index contributed by atoms with van der Waals surface area (Å²) in [4.78, 5) is 24.0. The van der Waals surface area contributed by atoms with Crippen molar-refractivity contribution in [2.45, 2.75) is 6.54 Å². The maximum atomic E-state index is 11.7. The first-order valence-corrected chi connectivity index (χ1v) is 5.54. The first-order chi connectivity index (χ1) is 8.99. The molecule has 0 bridgehead atoms. The van der Waals surface area contributed by atoms with E-state index in [1.165, 1.54) is 15.8 Å². The van der Waals surface area contributed by atoms with Crippen LogP contribution in [0.25, 0.3) is 0 Å². The summed E-state index contributed by atoms with van der Waals surface area (Å²) in [6.07, 6.45) is 2.93. The number of amides is 1. The minimum atomic E-state index is -1.13. The monoisotopic (exact) mass is 263 g/mol. The lowest BCUT2D eigenvalue weighted by Gasteiger charge is -2.06. The van der Waals surface area contributed by atoms with Crippen molar-refractivity contribution < 1.29 is 19.1 Å². The van der Waals surface area contributed by atoms with Crippen LogP contribution < -0.4 is 0 Å². The summed E-state index contributed by atoms with van der Waals surface area (Å²) in [6, 6.07) is 3.15. The predicted molar refractivity (Wildman–Crippen MR) is 65.0 cm³/mol. The lowest BCUT2D eigenvalue weighted by Crippen LogP contribution is -2.22. The molecular weight excluding hydrogens is 250 g/mol. The molecule has 7 heteroatoms. The molecule has 2 aromatic heterocycles. The minimum absolute atomic E-state index is 0.115. The normalized spacial score (nSPS) is 10.4. The number of carboxylic acids is 1. The van der Waals surface area contributed by atoms with Crippen molar-refractivity contribution in [2.24, 2.45) is 0 Å². The summed E-state index contributed by atoms with van der Waals surface area (Å²) in [6.45, 7) is 0.235. The fraction of sp³-hybridized carbons (Fsp3) is 0.250. The van der Waals surface area contributed by atoms with Gasteiger partial charge in [0.15, 0.2) is 0 Å². The smallest absolute Gasteiger partial charge is 0.372 e. The molecule has 0 spiro atoms. The average Bonchev–Trinajstić information content (AvgIpc) is 2.97. The van der Waals surface area contributed by atoms with Crippen molar-refractivity contribution in [1.29, 1.82) is 0 Å². The quantitative estimate of drug-likeness (QED) is 0.886. The van der Waals surface area contributed by atoms with Gasteiger partial charge in [0.05, 0.1) is 12.8 Å². The Morgan fingerprint density at radius 3 is 2.79 bits per heavy atom. The van der Waals surface area contributed by atoms with E-state index >= 15 is 0 Å². The largest absolute Gasteiger partial charge is 0.475 e. The standard InChI is InChI=1S/C12H13N3O4/c1-14(2)11(16)9-3-5-15(13-9)7-8-4-6-19-10(8)12(17)18/h3-6H,7H2,1-2H3,(H,17,18). The molecule has 2 heterocycles. The molecule has 0 unspecified atom stereocenters. The van der Waals surface area contributed by atoms with Gasteiger partial charge in [-0.25, -0.2) is 4.79 Å². The van der Waals surface area contributed by atoms with Crippen molar-refractivity contribution in [3.63, 3.8) is 0 Å². The van der Waals surface area contributed by atoms with Gasteiger partial charge in [0.2, 0.25) is 5.76 Å². The van der Waals surface area contributed by atoms with Gasteiger partial charge >= 0.3 is 5.97 Å². The van der Waals surface area contributed by atoms with E-state index in [1.54, 1.807) is 32.4 Å². The Bertz CT molecular complexity index is 612. The van der Waals surface area contributed by atoms with Crippen molar-refractivity contribution in [3.05, 3.63) is 41.6 Å². The van der Waals surface area contributed by atoms with Crippen LogP contribution in [0, 0.1) is 0 Å². The fourth-order valence-electron chi connectivity index (χ4n) is 1.62. The molecule has 0 atom stereocenters. The topological polar surface area (TPSA) is 88.6 Å². The molecular formula is C12H13N3O4. The number of furan rings is 1. The Morgan fingerprint density at radius 2 is 2.16 bits per heavy atom. The molecule has 0 aliphatic carbocycles. The van der Waals surface area contributed by atoms with Gasteiger partial charge < -0.3 is 14.4 Å². The van der Waals surface area contributed by atoms with E-state index in [9.17, 15) is 9.59 Å². The van der Waals surface area contributed by atoms with Gasteiger partial charge in [-0.1, -0.05) is 0 Å². The van der Waals surface area contributed by atoms with E-state index in [0.29, 0.717) is 11.3 Å². The molecule has 0 aromatic carbocycles. The number of nitrogens with zero attached hydrogens (tertiary/aromatic N) is 3.